The van der Waals surface area contributed by atoms with Crippen molar-refractivity contribution in [1.82, 2.24) is 0 Å². The van der Waals surface area contributed by atoms with E-state index in [1.54, 1.807) is 0 Å². The molecule has 1 aliphatic rings. The Balaban J connectivity index is 2.37. The van der Waals surface area contributed by atoms with Crippen LogP contribution in [0.25, 0.3) is 0 Å². The summed E-state index contributed by atoms with van der Waals surface area (Å²) in [4.78, 5) is 0. The predicted molar refractivity (Wildman–Crippen MR) is 73.1 cm³/mol. The van der Waals surface area contributed by atoms with Gasteiger partial charge in [-0.1, -0.05) is 26.5 Å². The summed E-state index contributed by atoms with van der Waals surface area (Å²) in [7, 11) is 0. The molecular weight excluding hydrogens is 228 g/mol. The van der Waals surface area contributed by atoms with Crippen LogP contribution in [0.2, 0.25) is 0 Å². The lowest BCUT2D eigenvalue weighted by Gasteiger charge is -2.35. The minimum Gasteiger partial charge on any atom is -0.499 e. The molecule has 0 aromatic rings. The second-order valence-corrected chi connectivity index (χ2v) is 5.05. The first-order valence-electron chi connectivity index (χ1n) is 6.72. The number of allylic oxidation sites excluding steroid dienone is 1. The molecule has 0 saturated carbocycles. The van der Waals surface area contributed by atoms with Gasteiger partial charge in [0.25, 0.3) is 0 Å². The molecule has 0 N–H and O–H groups in total. The Bertz CT molecular complexity index is 285. The second-order valence-electron chi connectivity index (χ2n) is 5.05. The van der Waals surface area contributed by atoms with E-state index >= 15 is 0 Å². The quantitative estimate of drug-likeness (QED) is 0.301. The minimum absolute atomic E-state index is 0.170. The minimum atomic E-state index is -0.209. The van der Waals surface area contributed by atoms with Gasteiger partial charge in [-0.25, -0.2) is 0 Å². The molecule has 0 aromatic heterocycles. The maximum absolute atomic E-state index is 5.99. The number of hydrogen-bond donors (Lipinski definition) is 0. The van der Waals surface area contributed by atoms with Gasteiger partial charge in [-0.3, -0.25) is 0 Å². The zero-order chi connectivity index (χ0) is 13.5. The highest BCUT2D eigenvalue weighted by Crippen LogP contribution is 2.32. The van der Waals surface area contributed by atoms with E-state index in [1.807, 2.05) is 6.92 Å². The predicted octanol–water partition coefficient (Wildman–Crippen LogP) is 3.52. The van der Waals surface area contributed by atoms with Crippen LogP contribution in [0.5, 0.6) is 0 Å². The van der Waals surface area contributed by atoms with Crippen molar-refractivity contribution in [2.24, 2.45) is 11.8 Å². The standard InChI is InChI=1S/C15H26O3/c1-6-16-9-10-17-14(5)18-15-12(3)8-7-11(2)13(15)4/h6,8,11,13-15H,1,7,9-10H2,2-5H3/t11?,13?,14?,15-/m0/s1. The molecule has 0 bridgehead atoms. The monoisotopic (exact) mass is 254 g/mol. The second kappa shape index (κ2) is 7.59. The summed E-state index contributed by atoms with van der Waals surface area (Å²) in [6.07, 6.45) is 4.81. The zero-order valence-corrected chi connectivity index (χ0v) is 12.0. The molecule has 0 heterocycles. The zero-order valence-electron chi connectivity index (χ0n) is 12.0. The first kappa shape index (κ1) is 15.3. The summed E-state index contributed by atoms with van der Waals surface area (Å²) < 4.78 is 16.6. The molecular formula is C15H26O3. The fraction of sp³-hybridized carbons (Fsp3) is 0.733. The Morgan fingerprint density at radius 2 is 2.17 bits per heavy atom. The molecule has 0 aliphatic heterocycles. The van der Waals surface area contributed by atoms with Crippen molar-refractivity contribution in [3.8, 4) is 0 Å². The molecule has 0 fully saturated rings. The van der Waals surface area contributed by atoms with E-state index in [0.29, 0.717) is 25.0 Å². The first-order chi connectivity index (χ1) is 8.56. The van der Waals surface area contributed by atoms with E-state index in [2.05, 4.69) is 33.4 Å². The largest absolute Gasteiger partial charge is 0.499 e. The van der Waals surface area contributed by atoms with Gasteiger partial charge in [-0.2, -0.15) is 0 Å². The lowest BCUT2D eigenvalue weighted by atomic mass is 9.80. The highest BCUT2D eigenvalue weighted by molar-refractivity contribution is 5.11. The van der Waals surface area contributed by atoms with Crippen LogP contribution in [0, 0.1) is 11.8 Å². The third kappa shape index (κ3) is 4.46. The number of rotatable bonds is 7. The van der Waals surface area contributed by atoms with Crippen LogP contribution in [-0.2, 0) is 14.2 Å². The fourth-order valence-electron chi connectivity index (χ4n) is 2.24. The third-order valence-corrected chi connectivity index (χ3v) is 3.65. The van der Waals surface area contributed by atoms with Crippen molar-refractivity contribution in [2.75, 3.05) is 13.2 Å². The first-order valence-corrected chi connectivity index (χ1v) is 6.72. The highest BCUT2D eigenvalue weighted by Gasteiger charge is 2.29. The Hall–Kier alpha value is -0.800. The molecule has 104 valence electrons. The van der Waals surface area contributed by atoms with Crippen molar-refractivity contribution in [2.45, 2.75) is 46.5 Å². The van der Waals surface area contributed by atoms with Gasteiger partial charge in [0.05, 0.1) is 19.0 Å². The van der Waals surface area contributed by atoms with Gasteiger partial charge < -0.3 is 14.2 Å². The van der Waals surface area contributed by atoms with E-state index in [1.165, 1.54) is 11.8 Å². The van der Waals surface area contributed by atoms with Crippen LogP contribution in [-0.4, -0.2) is 25.6 Å². The highest BCUT2D eigenvalue weighted by atomic mass is 16.7. The van der Waals surface area contributed by atoms with Crippen molar-refractivity contribution in [3.05, 3.63) is 24.5 Å². The summed E-state index contributed by atoms with van der Waals surface area (Å²) in [6.45, 7) is 13.1. The molecule has 1 aliphatic carbocycles. The van der Waals surface area contributed by atoms with E-state index < -0.39 is 0 Å². The maximum atomic E-state index is 5.99. The Kier molecular flexibility index (Phi) is 6.44. The van der Waals surface area contributed by atoms with E-state index in [4.69, 9.17) is 14.2 Å². The third-order valence-electron chi connectivity index (χ3n) is 3.65. The molecule has 0 spiro atoms. The molecule has 1 rings (SSSR count). The van der Waals surface area contributed by atoms with Crippen LogP contribution < -0.4 is 0 Å². The van der Waals surface area contributed by atoms with E-state index in [9.17, 15) is 0 Å². The normalized spacial score (nSPS) is 29.6. The summed E-state index contributed by atoms with van der Waals surface area (Å²) in [5.41, 5.74) is 1.32. The Labute approximate surface area is 111 Å². The average Bonchev–Trinajstić information content (AvgIpc) is 2.35. The van der Waals surface area contributed by atoms with Crippen LogP contribution in [0.15, 0.2) is 24.5 Å². The van der Waals surface area contributed by atoms with Gasteiger partial charge in [-0.05, 0) is 37.7 Å². The lowest BCUT2D eigenvalue weighted by Crippen LogP contribution is -2.34. The molecule has 3 nitrogen and oxygen atoms in total. The van der Waals surface area contributed by atoms with Crippen LogP contribution in [0.1, 0.15) is 34.1 Å². The van der Waals surface area contributed by atoms with Crippen LogP contribution >= 0.6 is 0 Å². The van der Waals surface area contributed by atoms with Gasteiger partial charge in [-0.15, -0.1) is 0 Å². The Morgan fingerprint density at radius 3 is 2.83 bits per heavy atom. The summed E-state index contributed by atoms with van der Waals surface area (Å²) >= 11 is 0. The van der Waals surface area contributed by atoms with Crippen molar-refractivity contribution in [1.29, 1.82) is 0 Å². The fourth-order valence-corrected chi connectivity index (χ4v) is 2.24. The van der Waals surface area contributed by atoms with Gasteiger partial charge in [0.2, 0.25) is 0 Å². The molecule has 3 heteroatoms. The van der Waals surface area contributed by atoms with Crippen molar-refractivity contribution in [3.63, 3.8) is 0 Å². The van der Waals surface area contributed by atoms with Crippen LogP contribution in [0.3, 0.4) is 0 Å². The maximum Gasteiger partial charge on any atom is 0.155 e. The number of ether oxygens (including phenoxy) is 3. The summed E-state index contributed by atoms with van der Waals surface area (Å²) in [5, 5.41) is 0. The van der Waals surface area contributed by atoms with Crippen LogP contribution in [0.4, 0.5) is 0 Å². The van der Waals surface area contributed by atoms with E-state index in [0.717, 1.165) is 6.42 Å². The van der Waals surface area contributed by atoms with Gasteiger partial charge >= 0.3 is 0 Å². The van der Waals surface area contributed by atoms with Gasteiger partial charge in [0.15, 0.2) is 6.29 Å². The van der Waals surface area contributed by atoms with Crippen molar-refractivity contribution < 1.29 is 14.2 Å². The molecule has 0 saturated heterocycles. The SMILES string of the molecule is C=COCCOC(C)O[C@H]1C(C)=CCC(C)C1C. The Morgan fingerprint density at radius 1 is 1.44 bits per heavy atom. The smallest absolute Gasteiger partial charge is 0.155 e. The van der Waals surface area contributed by atoms with E-state index in [-0.39, 0.29) is 12.4 Å². The summed E-state index contributed by atoms with van der Waals surface area (Å²) in [5.74, 6) is 1.19. The average molecular weight is 254 g/mol. The van der Waals surface area contributed by atoms with Gasteiger partial charge in [0, 0.05) is 0 Å². The number of hydrogen-bond acceptors (Lipinski definition) is 3. The molecule has 0 amide bonds. The topological polar surface area (TPSA) is 27.7 Å². The molecule has 0 radical (unpaired) electrons. The molecule has 3 unspecified atom stereocenters. The van der Waals surface area contributed by atoms with Gasteiger partial charge in [0.1, 0.15) is 6.61 Å². The molecule has 0 aromatic carbocycles. The lowest BCUT2D eigenvalue weighted by molar-refractivity contribution is -0.170. The molecule has 18 heavy (non-hydrogen) atoms. The molecule has 4 atom stereocenters. The van der Waals surface area contributed by atoms with Crippen molar-refractivity contribution >= 4 is 0 Å². The summed E-state index contributed by atoms with van der Waals surface area (Å²) in [6, 6.07) is 0.